The number of primary amides is 1. The van der Waals surface area contributed by atoms with E-state index >= 15 is 0 Å². The third kappa shape index (κ3) is 5.16. The van der Waals surface area contributed by atoms with Crippen molar-refractivity contribution in [3.8, 4) is 0 Å². The summed E-state index contributed by atoms with van der Waals surface area (Å²) in [5.74, 6) is -1.57. The highest BCUT2D eigenvalue weighted by Gasteiger charge is 2.36. The standard InChI is InChI=1S/C20H27N3O5/c1-20(2,3)28-17(25)8-7-15(18(21)26)23-11-13-9-12(16(24)10-22-4)5-6-14(13)19(23)27/h5-6,9,15,22H,7-8,10-11H2,1-4H3,(H2,21,26). The van der Waals surface area contributed by atoms with Gasteiger partial charge in [-0.15, -0.1) is 0 Å². The SMILES string of the molecule is CNCC(=O)c1ccc2c(c1)CN(C(CCC(=O)OC(C)(C)C)C(N)=O)C2=O. The Bertz CT molecular complexity index is 798. The molecule has 0 aliphatic carbocycles. The van der Waals surface area contributed by atoms with E-state index in [-0.39, 0.29) is 37.6 Å². The maximum absolute atomic E-state index is 12.7. The molecule has 1 unspecified atom stereocenters. The number of fused-ring (bicyclic) bond motifs is 1. The molecule has 0 radical (unpaired) electrons. The molecule has 1 aliphatic rings. The topological polar surface area (TPSA) is 119 Å². The monoisotopic (exact) mass is 389 g/mol. The van der Waals surface area contributed by atoms with E-state index in [0.29, 0.717) is 16.7 Å². The van der Waals surface area contributed by atoms with Gasteiger partial charge >= 0.3 is 5.97 Å². The molecule has 0 fully saturated rings. The number of nitrogens with zero attached hydrogens (tertiary/aromatic N) is 1. The highest BCUT2D eigenvalue weighted by molar-refractivity contribution is 6.03. The van der Waals surface area contributed by atoms with Crippen molar-refractivity contribution in [2.45, 2.75) is 51.8 Å². The minimum atomic E-state index is -0.927. The molecule has 28 heavy (non-hydrogen) atoms. The van der Waals surface area contributed by atoms with Gasteiger partial charge in [-0.25, -0.2) is 0 Å². The summed E-state index contributed by atoms with van der Waals surface area (Å²) < 4.78 is 5.25. The molecular formula is C20H27N3O5. The Labute approximate surface area is 164 Å². The lowest BCUT2D eigenvalue weighted by Gasteiger charge is -2.25. The first-order chi connectivity index (χ1) is 13.0. The van der Waals surface area contributed by atoms with Crippen LogP contribution in [0.1, 0.15) is 59.9 Å². The van der Waals surface area contributed by atoms with Crippen molar-refractivity contribution in [3.05, 3.63) is 34.9 Å². The van der Waals surface area contributed by atoms with Crippen molar-refractivity contribution in [1.29, 1.82) is 0 Å². The van der Waals surface area contributed by atoms with E-state index < -0.39 is 23.5 Å². The Morgan fingerprint density at radius 3 is 2.54 bits per heavy atom. The molecule has 3 N–H and O–H groups in total. The van der Waals surface area contributed by atoms with Crippen molar-refractivity contribution in [2.75, 3.05) is 13.6 Å². The maximum Gasteiger partial charge on any atom is 0.306 e. The van der Waals surface area contributed by atoms with Crippen LogP contribution in [-0.2, 0) is 20.9 Å². The van der Waals surface area contributed by atoms with Crippen LogP contribution in [0.4, 0.5) is 0 Å². The second-order valence-electron chi connectivity index (χ2n) is 7.80. The number of nitrogens with two attached hydrogens (primary N) is 1. The van der Waals surface area contributed by atoms with Crippen LogP contribution >= 0.6 is 0 Å². The van der Waals surface area contributed by atoms with Crippen molar-refractivity contribution >= 4 is 23.6 Å². The normalized spacial score (nSPS) is 14.6. The molecule has 0 spiro atoms. The molecule has 2 rings (SSSR count). The number of benzene rings is 1. The van der Waals surface area contributed by atoms with Gasteiger partial charge in [0.05, 0.1) is 6.54 Å². The summed E-state index contributed by atoms with van der Waals surface area (Å²) in [6, 6.07) is 3.93. The molecular weight excluding hydrogens is 362 g/mol. The predicted molar refractivity (Wildman–Crippen MR) is 103 cm³/mol. The van der Waals surface area contributed by atoms with Crippen molar-refractivity contribution < 1.29 is 23.9 Å². The van der Waals surface area contributed by atoms with Crippen LogP contribution in [0, 0.1) is 0 Å². The molecule has 0 aromatic heterocycles. The highest BCUT2D eigenvalue weighted by Crippen LogP contribution is 2.27. The van der Waals surface area contributed by atoms with Gasteiger partial charge in [0.2, 0.25) is 5.91 Å². The van der Waals surface area contributed by atoms with E-state index in [1.807, 2.05) is 0 Å². The Balaban J connectivity index is 2.13. The summed E-state index contributed by atoms with van der Waals surface area (Å²) in [6.07, 6.45) is 0.0480. The summed E-state index contributed by atoms with van der Waals surface area (Å²) >= 11 is 0. The second-order valence-corrected chi connectivity index (χ2v) is 7.80. The van der Waals surface area contributed by atoms with Crippen molar-refractivity contribution in [1.82, 2.24) is 10.2 Å². The van der Waals surface area contributed by atoms with Gasteiger partial charge in [-0.3, -0.25) is 19.2 Å². The highest BCUT2D eigenvalue weighted by atomic mass is 16.6. The largest absolute Gasteiger partial charge is 0.460 e. The molecule has 1 heterocycles. The van der Waals surface area contributed by atoms with Gasteiger partial charge in [-0.1, -0.05) is 6.07 Å². The zero-order chi connectivity index (χ0) is 21.1. The second kappa shape index (κ2) is 8.52. The third-order valence-electron chi connectivity index (χ3n) is 4.34. The molecule has 1 aliphatic heterocycles. The predicted octanol–water partition coefficient (Wildman–Crippen LogP) is 1.02. The van der Waals surface area contributed by atoms with Gasteiger partial charge in [0.25, 0.3) is 5.91 Å². The lowest BCUT2D eigenvalue weighted by Crippen LogP contribution is -2.45. The molecule has 152 valence electrons. The Hall–Kier alpha value is -2.74. The first-order valence-electron chi connectivity index (χ1n) is 9.16. The fourth-order valence-corrected chi connectivity index (χ4v) is 3.13. The van der Waals surface area contributed by atoms with Gasteiger partial charge in [-0.05, 0) is 51.9 Å². The number of rotatable bonds is 8. The average Bonchev–Trinajstić information content (AvgIpc) is 2.89. The number of hydrogen-bond acceptors (Lipinski definition) is 6. The van der Waals surface area contributed by atoms with Gasteiger partial charge in [0.1, 0.15) is 11.6 Å². The van der Waals surface area contributed by atoms with Crippen LogP contribution in [0.2, 0.25) is 0 Å². The van der Waals surface area contributed by atoms with E-state index in [1.165, 1.54) is 4.90 Å². The van der Waals surface area contributed by atoms with Gasteiger partial charge in [0, 0.05) is 24.1 Å². The molecule has 2 amide bonds. The smallest absolute Gasteiger partial charge is 0.306 e. The number of Topliss-reactive ketones (excluding diaryl/α,β-unsaturated/α-hetero) is 1. The van der Waals surface area contributed by atoms with E-state index in [4.69, 9.17) is 10.5 Å². The van der Waals surface area contributed by atoms with E-state index in [2.05, 4.69) is 5.32 Å². The van der Waals surface area contributed by atoms with Crippen LogP contribution in [0.25, 0.3) is 0 Å². The van der Waals surface area contributed by atoms with Crippen LogP contribution < -0.4 is 11.1 Å². The van der Waals surface area contributed by atoms with Crippen LogP contribution in [-0.4, -0.2) is 53.7 Å². The van der Waals surface area contributed by atoms with Gasteiger partial charge in [-0.2, -0.15) is 0 Å². The Morgan fingerprint density at radius 1 is 1.29 bits per heavy atom. The molecule has 0 bridgehead atoms. The number of carbonyl (C=O) groups is 4. The lowest BCUT2D eigenvalue weighted by molar-refractivity contribution is -0.155. The molecule has 1 aromatic carbocycles. The number of amides is 2. The molecule has 1 aromatic rings. The molecule has 1 atom stereocenters. The quantitative estimate of drug-likeness (QED) is 0.506. The van der Waals surface area contributed by atoms with E-state index in [1.54, 1.807) is 46.0 Å². The zero-order valence-corrected chi connectivity index (χ0v) is 16.7. The van der Waals surface area contributed by atoms with Crippen molar-refractivity contribution in [2.24, 2.45) is 5.73 Å². The number of ether oxygens (including phenoxy) is 1. The third-order valence-corrected chi connectivity index (χ3v) is 4.34. The fraction of sp³-hybridized carbons (Fsp3) is 0.500. The first-order valence-corrected chi connectivity index (χ1v) is 9.16. The molecule has 8 heteroatoms. The summed E-state index contributed by atoms with van der Waals surface area (Å²) in [7, 11) is 1.68. The van der Waals surface area contributed by atoms with Crippen LogP contribution in [0.5, 0.6) is 0 Å². The van der Waals surface area contributed by atoms with Crippen LogP contribution in [0.15, 0.2) is 18.2 Å². The number of nitrogens with one attached hydrogen (secondary N) is 1. The average molecular weight is 389 g/mol. The Morgan fingerprint density at radius 2 is 1.96 bits per heavy atom. The summed E-state index contributed by atoms with van der Waals surface area (Å²) in [6.45, 7) is 5.62. The molecule has 0 saturated heterocycles. The first kappa shape index (κ1) is 21.6. The van der Waals surface area contributed by atoms with Crippen molar-refractivity contribution in [3.63, 3.8) is 0 Å². The maximum atomic E-state index is 12.7. The fourth-order valence-electron chi connectivity index (χ4n) is 3.13. The minimum absolute atomic E-state index is 0.0308. The van der Waals surface area contributed by atoms with Gasteiger partial charge in [0.15, 0.2) is 5.78 Å². The Kier molecular flexibility index (Phi) is 6.56. The number of esters is 1. The zero-order valence-electron chi connectivity index (χ0n) is 16.7. The van der Waals surface area contributed by atoms with E-state index in [9.17, 15) is 19.2 Å². The molecule has 8 nitrogen and oxygen atoms in total. The van der Waals surface area contributed by atoms with Gasteiger partial charge < -0.3 is 20.7 Å². The number of hydrogen-bond donors (Lipinski definition) is 2. The lowest BCUT2D eigenvalue weighted by atomic mass is 10.0. The van der Waals surface area contributed by atoms with Crippen LogP contribution in [0.3, 0.4) is 0 Å². The summed E-state index contributed by atoms with van der Waals surface area (Å²) in [5.41, 5.74) is 6.46. The molecule has 0 saturated carbocycles. The summed E-state index contributed by atoms with van der Waals surface area (Å²) in [5, 5.41) is 2.80. The number of likely N-dealkylation sites (N-methyl/N-ethyl adjacent to an activating group) is 1. The van der Waals surface area contributed by atoms with E-state index in [0.717, 1.165) is 0 Å². The minimum Gasteiger partial charge on any atom is -0.460 e. The number of ketones is 1. The number of carbonyl (C=O) groups excluding carboxylic acids is 4. The summed E-state index contributed by atoms with van der Waals surface area (Å²) in [4.78, 5) is 50.0.